The Balaban J connectivity index is 2.97. The van der Waals surface area contributed by atoms with Gasteiger partial charge in [0.2, 0.25) is 0 Å². The van der Waals surface area contributed by atoms with Crippen LogP contribution in [0.3, 0.4) is 0 Å². The Bertz CT molecular complexity index is 496. The smallest absolute Gasteiger partial charge is 0.310 e. The molecule has 0 unspecified atom stereocenters. The molecule has 124 valence electrons. The number of carbonyl (C=O) groups excluding carboxylic acids is 1. The predicted octanol–water partition coefficient (Wildman–Crippen LogP) is 4.51. The van der Waals surface area contributed by atoms with Gasteiger partial charge in [-0.2, -0.15) is 0 Å². The van der Waals surface area contributed by atoms with E-state index < -0.39 is 0 Å². The van der Waals surface area contributed by atoms with Crippen LogP contribution in [0.15, 0.2) is 18.2 Å². The maximum Gasteiger partial charge on any atom is 0.310 e. The highest BCUT2D eigenvalue weighted by molar-refractivity contribution is 5.73. The maximum absolute atomic E-state index is 11.8. The number of hydrogen-bond donors (Lipinski definition) is 0. The van der Waals surface area contributed by atoms with E-state index in [9.17, 15) is 4.79 Å². The van der Waals surface area contributed by atoms with Gasteiger partial charge in [-0.05, 0) is 42.4 Å². The van der Waals surface area contributed by atoms with E-state index in [1.807, 2.05) is 26.0 Å². The van der Waals surface area contributed by atoms with Crippen molar-refractivity contribution in [3.8, 4) is 5.75 Å². The van der Waals surface area contributed by atoms with Gasteiger partial charge in [0, 0.05) is 0 Å². The van der Waals surface area contributed by atoms with Gasteiger partial charge >= 0.3 is 5.97 Å². The van der Waals surface area contributed by atoms with E-state index in [2.05, 4.69) is 40.7 Å². The van der Waals surface area contributed by atoms with Crippen LogP contribution in [0.25, 0.3) is 0 Å². The van der Waals surface area contributed by atoms with E-state index >= 15 is 0 Å². The third kappa shape index (κ3) is 6.08. The molecule has 0 atom stereocenters. The summed E-state index contributed by atoms with van der Waals surface area (Å²) >= 11 is 0. The van der Waals surface area contributed by atoms with Crippen LogP contribution in [0, 0.1) is 5.92 Å². The van der Waals surface area contributed by atoms with E-state index in [0.29, 0.717) is 18.9 Å². The first-order chi connectivity index (χ1) is 10.1. The first-order valence-electron chi connectivity index (χ1n) is 8.05. The molecule has 0 radical (unpaired) electrons. The third-order valence-electron chi connectivity index (χ3n) is 3.14. The fourth-order valence-corrected chi connectivity index (χ4v) is 2.13. The molecule has 0 saturated heterocycles. The summed E-state index contributed by atoms with van der Waals surface area (Å²) in [5, 5.41) is 0. The van der Waals surface area contributed by atoms with Crippen molar-refractivity contribution >= 4 is 5.97 Å². The van der Waals surface area contributed by atoms with Crippen molar-refractivity contribution in [1.82, 2.24) is 0 Å². The van der Waals surface area contributed by atoms with Gasteiger partial charge < -0.3 is 9.47 Å². The zero-order chi connectivity index (χ0) is 16.9. The lowest BCUT2D eigenvalue weighted by molar-refractivity contribution is -0.146. The molecular formula is C19H30O3. The fraction of sp³-hybridized carbons (Fsp3) is 0.632. The van der Waals surface area contributed by atoms with Gasteiger partial charge in [0.05, 0.1) is 19.1 Å². The van der Waals surface area contributed by atoms with Crippen LogP contribution < -0.4 is 4.74 Å². The molecule has 0 aliphatic carbocycles. The Morgan fingerprint density at radius 1 is 1.14 bits per heavy atom. The van der Waals surface area contributed by atoms with Crippen molar-refractivity contribution in [1.29, 1.82) is 0 Å². The first kappa shape index (κ1) is 18.5. The van der Waals surface area contributed by atoms with E-state index in [1.165, 1.54) is 0 Å². The maximum atomic E-state index is 11.8. The average molecular weight is 306 g/mol. The SMILES string of the molecule is CC(C)COc1ccc(CC(=O)OC(C)C)cc1C(C)(C)C. The Labute approximate surface area is 135 Å². The Morgan fingerprint density at radius 3 is 2.27 bits per heavy atom. The highest BCUT2D eigenvalue weighted by atomic mass is 16.5. The zero-order valence-electron chi connectivity index (χ0n) is 15.0. The number of carbonyl (C=O) groups is 1. The average Bonchev–Trinajstić information content (AvgIpc) is 2.34. The Hall–Kier alpha value is -1.51. The van der Waals surface area contributed by atoms with Gasteiger partial charge in [-0.1, -0.05) is 46.8 Å². The van der Waals surface area contributed by atoms with Crippen LogP contribution >= 0.6 is 0 Å². The highest BCUT2D eigenvalue weighted by Gasteiger charge is 2.20. The van der Waals surface area contributed by atoms with Crippen molar-refractivity contribution in [3.05, 3.63) is 29.3 Å². The van der Waals surface area contributed by atoms with Gasteiger partial charge in [-0.25, -0.2) is 0 Å². The van der Waals surface area contributed by atoms with Crippen molar-refractivity contribution < 1.29 is 14.3 Å². The van der Waals surface area contributed by atoms with Crippen molar-refractivity contribution in [3.63, 3.8) is 0 Å². The van der Waals surface area contributed by atoms with Crippen LogP contribution in [-0.4, -0.2) is 18.7 Å². The summed E-state index contributed by atoms with van der Waals surface area (Å²) in [7, 11) is 0. The molecule has 3 heteroatoms. The lowest BCUT2D eigenvalue weighted by Crippen LogP contribution is -2.17. The molecule has 1 aromatic rings. The minimum Gasteiger partial charge on any atom is -0.493 e. The quantitative estimate of drug-likeness (QED) is 0.725. The molecule has 0 heterocycles. The van der Waals surface area contributed by atoms with Crippen molar-refractivity contribution in [2.45, 2.75) is 66.4 Å². The first-order valence-corrected chi connectivity index (χ1v) is 8.05. The zero-order valence-corrected chi connectivity index (χ0v) is 15.0. The topological polar surface area (TPSA) is 35.5 Å². The molecular weight excluding hydrogens is 276 g/mol. The lowest BCUT2D eigenvalue weighted by Gasteiger charge is -2.24. The summed E-state index contributed by atoms with van der Waals surface area (Å²) < 4.78 is 11.2. The molecule has 1 aromatic carbocycles. The second kappa shape index (κ2) is 7.66. The van der Waals surface area contributed by atoms with Crippen LogP contribution in [-0.2, 0) is 21.4 Å². The Kier molecular flexibility index (Phi) is 6.46. The number of benzene rings is 1. The van der Waals surface area contributed by atoms with E-state index in [0.717, 1.165) is 16.9 Å². The van der Waals surface area contributed by atoms with E-state index in [4.69, 9.17) is 9.47 Å². The van der Waals surface area contributed by atoms with Crippen LogP contribution in [0.2, 0.25) is 0 Å². The summed E-state index contributed by atoms with van der Waals surface area (Å²) in [5.41, 5.74) is 2.06. The monoisotopic (exact) mass is 306 g/mol. The molecule has 0 aromatic heterocycles. The summed E-state index contributed by atoms with van der Waals surface area (Å²) in [6.45, 7) is 15.1. The lowest BCUT2D eigenvalue weighted by atomic mass is 9.85. The molecule has 3 nitrogen and oxygen atoms in total. The van der Waals surface area contributed by atoms with Crippen molar-refractivity contribution in [2.24, 2.45) is 5.92 Å². The molecule has 0 fully saturated rings. The number of esters is 1. The minimum absolute atomic E-state index is 0.0374. The number of rotatable bonds is 6. The van der Waals surface area contributed by atoms with Gasteiger partial charge in [0.15, 0.2) is 0 Å². The summed E-state index contributed by atoms with van der Waals surface area (Å²) in [4.78, 5) is 11.8. The van der Waals surface area contributed by atoms with Gasteiger partial charge in [-0.3, -0.25) is 4.79 Å². The van der Waals surface area contributed by atoms with Crippen LogP contribution in [0.4, 0.5) is 0 Å². The Morgan fingerprint density at radius 2 is 1.77 bits per heavy atom. The minimum atomic E-state index is -0.189. The van der Waals surface area contributed by atoms with Gasteiger partial charge in [0.25, 0.3) is 0 Å². The molecule has 0 N–H and O–H groups in total. The standard InChI is InChI=1S/C19H30O3/c1-13(2)12-21-17-9-8-15(10-16(17)19(5,6)7)11-18(20)22-14(3)4/h8-10,13-14H,11-12H2,1-7H3. The summed E-state index contributed by atoms with van der Waals surface area (Å²) in [6.07, 6.45) is 0.217. The van der Waals surface area contributed by atoms with E-state index in [-0.39, 0.29) is 17.5 Å². The molecule has 0 bridgehead atoms. The fourth-order valence-electron chi connectivity index (χ4n) is 2.13. The molecule has 0 aliphatic rings. The van der Waals surface area contributed by atoms with E-state index in [1.54, 1.807) is 0 Å². The molecule has 22 heavy (non-hydrogen) atoms. The molecule has 0 spiro atoms. The van der Waals surface area contributed by atoms with Gasteiger partial charge in [0.1, 0.15) is 5.75 Å². The normalized spacial score (nSPS) is 11.9. The predicted molar refractivity (Wildman–Crippen MR) is 90.4 cm³/mol. The molecule has 1 rings (SSSR count). The summed E-state index contributed by atoms with van der Waals surface area (Å²) in [5.74, 6) is 1.20. The summed E-state index contributed by atoms with van der Waals surface area (Å²) in [6, 6.07) is 5.99. The van der Waals surface area contributed by atoms with Crippen LogP contribution in [0.5, 0.6) is 5.75 Å². The number of ether oxygens (including phenoxy) is 2. The van der Waals surface area contributed by atoms with Gasteiger partial charge in [-0.15, -0.1) is 0 Å². The molecule has 0 aliphatic heterocycles. The molecule has 0 amide bonds. The van der Waals surface area contributed by atoms with Crippen LogP contribution in [0.1, 0.15) is 59.6 Å². The molecule has 0 saturated carbocycles. The highest BCUT2D eigenvalue weighted by Crippen LogP contribution is 2.32. The number of hydrogen-bond acceptors (Lipinski definition) is 3. The second-order valence-corrected chi connectivity index (χ2v) is 7.50. The second-order valence-electron chi connectivity index (χ2n) is 7.50. The third-order valence-corrected chi connectivity index (χ3v) is 3.14. The largest absolute Gasteiger partial charge is 0.493 e. The van der Waals surface area contributed by atoms with Crippen molar-refractivity contribution in [2.75, 3.05) is 6.61 Å².